The smallest absolute Gasteiger partial charge is 0.270 e. The molecule has 3 aromatic rings. The Bertz CT molecular complexity index is 874. The third-order valence-electron chi connectivity index (χ3n) is 4.60. The quantitative estimate of drug-likeness (QED) is 0.750. The van der Waals surface area contributed by atoms with Gasteiger partial charge in [-0.3, -0.25) is 9.78 Å². The number of hydrogen-bond donors (Lipinski definition) is 1. The summed E-state index contributed by atoms with van der Waals surface area (Å²) in [5, 5.41) is 2.83. The van der Waals surface area contributed by atoms with E-state index in [2.05, 4.69) is 25.1 Å². The maximum absolute atomic E-state index is 12.4. The lowest BCUT2D eigenvalue weighted by Crippen LogP contribution is -2.46. The number of hydrogen-bond acceptors (Lipinski definition) is 6. The van der Waals surface area contributed by atoms with Gasteiger partial charge in [0.15, 0.2) is 0 Å². The van der Waals surface area contributed by atoms with Crippen LogP contribution in [0.5, 0.6) is 0 Å². The van der Waals surface area contributed by atoms with Crippen molar-refractivity contribution in [2.45, 2.75) is 6.54 Å². The number of carbonyl (C=O) groups excluding carboxylic acids is 1. The number of rotatable bonds is 5. The number of nitrogens with zero attached hydrogens (tertiary/aromatic N) is 4. The van der Waals surface area contributed by atoms with Crippen LogP contribution in [0.4, 0.5) is 11.5 Å². The second kappa shape index (κ2) is 7.90. The predicted molar refractivity (Wildman–Crippen MR) is 103 cm³/mol. The van der Waals surface area contributed by atoms with Crippen molar-refractivity contribution in [3.05, 3.63) is 72.6 Å². The summed E-state index contributed by atoms with van der Waals surface area (Å²) in [5.41, 5.74) is 1.42. The normalized spacial score (nSPS) is 14.2. The first-order chi connectivity index (χ1) is 13.3. The minimum absolute atomic E-state index is 0.208. The molecule has 3 aromatic heterocycles. The molecule has 7 heteroatoms. The zero-order valence-corrected chi connectivity index (χ0v) is 14.9. The Morgan fingerprint density at radius 1 is 1.00 bits per heavy atom. The van der Waals surface area contributed by atoms with Crippen LogP contribution < -0.4 is 15.1 Å². The molecule has 7 nitrogen and oxygen atoms in total. The molecule has 1 aliphatic heterocycles. The number of nitrogens with one attached hydrogen (secondary N) is 1. The highest BCUT2D eigenvalue weighted by molar-refractivity contribution is 5.93. The lowest BCUT2D eigenvalue weighted by atomic mass is 10.2. The first-order valence-corrected chi connectivity index (χ1v) is 8.97. The van der Waals surface area contributed by atoms with E-state index in [1.807, 2.05) is 42.6 Å². The molecule has 1 saturated heterocycles. The van der Waals surface area contributed by atoms with Crippen molar-refractivity contribution in [3.63, 3.8) is 0 Å². The van der Waals surface area contributed by atoms with E-state index in [4.69, 9.17) is 4.42 Å². The van der Waals surface area contributed by atoms with E-state index >= 15 is 0 Å². The third kappa shape index (κ3) is 4.08. The SMILES string of the molecule is O=C(NCc1ccco1)c1cc(N2CCN(c3ccccn3)CC2)ccn1. The number of anilines is 2. The van der Waals surface area contributed by atoms with Crippen molar-refractivity contribution >= 4 is 17.4 Å². The molecular weight excluding hydrogens is 342 g/mol. The summed E-state index contributed by atoms with van der Waals surface area (Å²) in [7, 11) is 0. The first kappa shape index (κ1) is 17.1. The van der Waals surface area contributed by atoms with Crippen molar-refractivity contribution in [2.75, 3.05) is 36.0 Å². The summed E-state index contributed by atoms with van der Waals surface area (Å²) in [6.45, 7) is 3.86. The summed E-state index contributed by atoms with van der Waals surface area (Å²) >= 11 is 0. The lowest BCUT2D eigenvalue weighted by molar-refractivity contribution is 0.0943. The minimum Gasteiger partial charge on any atom is -0.467 e. The van der Waals surface area contributed by atoms with Gasteiger partial charge in [0.25, 0.3) is 5.91 Å². The van der Waals surface area contributed by atoms with Crippen LogP contribution in [-0.2, 0) is 6.54 Å². The fraction of sp³-hybridized carbons (Fsp3) is 0.250. The molecule has 0 saturated carbocycles. The van der Waals surface area contributed by atoms with Gasteiger partial charge in [0, 0.05) is 44.3 Å². The number of piperazine rings is 1. The van der Waals surface area contributed by atoms with Gasteiger partial charge in [0.05, 0.1) is 12.8 Å². The molecule has 4 rings (SSSR count). The molecule has 1 N–H and O–H groups in total. The van der Waals surface area contributed by atoms with Crippen LogP contribution in [-0.4, -0.2) is 42.1 Å². The van der Waals surface area contributed by atoms with E-state index in [1.165, 1.54) is 0 Å². The fourth-order valence-electron chi connectivity index (χ4n) is 3.15. The van der Waals surface area contributed by atoms with E-state index in [1.54, 1.807) is 18.5 Å². The standard InChI is InChI=1S/C20H21N5O2/c26-20(23-15-17-4-3-13-27-17)18-14-16(6-8-21-18)24-9-11-25(12-10-24)19-5-1-2-7-22-19/h1-8,13-14H,9-12,15H2,(H,23,26). The van der Waals surface area contributed by atoms with Crippen molar-refractivity contribution in [2.24, 2.45) is 0 Å². The summed E-state index contributed by atoms with van der Waals surface area (Å²) in [4.78, 5) is 25.5. The van der Waals surface area contributed by atoms with Crippen LogP contribution in [0, 0.1) is 0 Å². The summed E-state index contributed by atoms with van der Waals surface area (Å²) in [6.07, 6.45) is 5.09. The van der Waals surface area contributed by atoms with Gasteiger partial charge in [-0.15, -0.1) is 0 Å². The van der Waals surface area contributed by atoms with Crippen LogP contribution in [0.1, 0.15) is 16.2 Å². The zero-order valence-electron chi connectivity index (χ0n) is 14.9. The van der Waals surface area contributed by atoms with Crippen molar-refractivity contribution in [1.82, 2.24) is 15.3 Å². The van der Waals surface area contributed by atoms with Crippen molar-refractivity contribution < 1.29 is 9.21 Å². The molecule has 0 spiro atoms. The van der Waals surface area contributed by atoms with Crippen molar-refractivity contribution in [3.8, 4) is 0 Å². The van der Waals surface area contributed by atoms with E-state index in [-0.39, 0.29) is 5.91 Å². The topological polar surface area (TPSA) is 74.5 Å². The molecule has 1 amide bonds. The monoisotopic (exact) mass is 363 g/mol. The maximum atomic E-state index is 12.4. The Balaban J connectivity index is 1.37. The average molecular weight is 363 g/mol. The Hall–Kier alpha value is -3.35. The molecule has 0 atom stereocenters. The van der Waals surface area contributed by atoms with E-state index in [0.29, 0.717) is 18.0 Å². The molecule has 27 heavy (non-hydrogen) atoms. The van der Waals surface area contributed by atoms with Gasteiger partial charge in [0.1, 0.15) is 17.3 Å². The fourth-order valence-corrected chi connectivity index (χ4v) is 3.15. The second-order valence-electron chi connectivity index (χ2n) is 6.32. The number of pyridine rings is 2. The van der Waals surface area contributed by atoms with Crippen LogP contribution in [0.2, 0.25) is 0 Å². The Kier molecular flexibility index (Phi) is 5.00. The lowest BCUT2D eigenvalue weighted by Gasteiger charge is -2.36. The summed E-state index contributed by atoms with van der Waals surface area (Å²) in [5.74, 6) is 1.51. The van der Waals surface area contributed by atoms with E-state index < -0.39 is 0 Å². The number of amides is 1. The van der Waals surface area contributed by atoms with Crippen LogP contribution in [0.25, 0.3) is 0 Å². The molecule has 1 aliphatic rings. The van der Waals surface area contributed by atoms with Crippen molar-refractivity contribution in [1.29, 1.82) is 0 Å². The molecule has 0 unspecified atom stereocenters. The van der Waals surface area contributed by atoms with Gasteiger partial charge in [-0.05, 0) is 36.4 Å². The molecule has 138 valence electrons. The first-order valence-electron chi connectivity index (χ1n) is 8.97. The molecule has 0 aliphatic carbocycles. The largest absolute Gasteiger partial charge is 0.467 e. The van der Waals surface area contributed by atoms with Gasteiger partial charge in [-0.25, -0.2) is 4.98 Å². The number of furan rings is 1. The highest BCUT2D eigenvalue weighted by Gasteiger charge is 2.19. The highest BCUT2D eigenvalue weighted by atomic mass is 16.3. The highest BCUT2D eigenvalue weighted by Crippen LogP contribution is 2.19. The van der Waals surface area contributed by atoms with Gasteiger partial charge < -0.3 is 19.5 Å². The Morgan fingerprint density at radius 3 is 2.59 bits per heavy atom. The van der Waals surface area contributed by atoms with Gasteiger partial charge in [-0.1, -0.05) is 6.07 Å². The molecule has 0 bridgehead atoms. The molecular formula is C20H21N5O2. The van der Waals surface area contributed by atoms with Crippen LogP contribution >= 0.6 is 0 Å². The second-order valence-corrected chi connectivity index (χ2v) is 6.32. The minimum atomic E-state index is -0.208. The average Bonchev–Trinajstić information content (AvgIpc) is 3.27. The Morgan fingerprint density at radius 2 is 1.85 bits per heavy atom. The number of carbonyl (C=O) groups is 1. The predicted octanol–water partition coefficient (Wildman–Crippen LogP) is 2.33. The molecule has 4 heterocycles. The Labute approximate surface area is 157 Å². The molecule has 1 fully saturated rings. The van der Waals surface area contributed by atoms with Gasteiger partial charge in [0.2, 0.25) is 0 Å². The van der Waals surface area contributed by atoms with Gasteiger partial charge >= 0.3 is 0 Å². The summed E-state index contributed by atoms with van der Waals surface area (Å²) in [6, 6.07) is 13.4. The summed E-state index contributed by atoms with van der Waals surface area (Å²) < 4.78 is 5.23. The van der Waals surface area contributed by atoms with Crippen LogP contribution in [0.3, 0.4) is 0 Å². The maximum Gasteiger partial charge on any atom is 0.270 e. The zero-order chi connectivity index (χ0) is 18.5. The molecule has 0 radical (unpaired) electrons. The molecule has 0 aromatic carbocycles. The number of aromatic nitrogens is 2. The van der Waals surface area contributed by atoms with E-state index in [9.17, 15) is 4.79 Å². The van der Waals surface area contributed by atoms with Gasteiger partial charge in [-0.2, -0.15) is 0 Å². The van der Waals surface area contributed by atoms with E-state index in [0.717, 1.165) is 37.7 Å². The van der Waals surface area contributed by atoms with Crippen LogP contribution in [0.15, 0.2) is 65.5 Å². The third-order valence-corrected chi connectivity index (χ3v) is 4.60.